The Balaban J connectivity index is 2.39. The van der Waals surface area contributed by atoms with Crippen LogP contribution in [0.3, 0.4) is 0 Å². The summed E-state index contributed by atoms with van der Waals surface area (Å²) in [4.78, 5) is 1.43. The normalized spacial score (nSPS) is 11.9. The van der Waals surface area contributed by atoms with E-state index < -0.39 is 12.7 Å². The number of halogens is 3. The molecule has 0 radical (unpaired) electrons. The number of rotatable bonds is 7. The molecule has 2 nitrogen and oxygen atoms in total. The smallest absolute Gasteiger partial charge is 0.384 e. The van der Waals surface area contributed by atoms with E-state index in [0.29, 0.717) is 19.6 Å². The number of hydrogen-bond acceptors (Lipinski definition) is 2. The van der Waals surface area contributed by atoms with Crippen LogP contribution in [0.1, 0.15) is 18.9 Å². The van der Waals surface area contributed by atoms with Crippen LogP contribution in [-0.2, 0) is 0 Å². The first-order chi connectivity index (χ1) is 8.90. The van der Waals surface area contributed by atoms with Crippen molar-refractivity contribution in [2.75, 3.05) is 31.5 Å². The number of nitrogens with zero attached hydrogens (tertiary/aromatic N) is 1. The van der Waals surface area contributed by atoms with Crippen LogP contribution in [0.2, 0.25) is 0 Å². The summed E-state index contributed by atoms with van der Waals surface area (Å²) in [5.41, 5.74) is 2.08. The Kier molecular flexibility index (Phi) is 6.15. The number of aryl methyl sites for hydroxylation is 1. The molecule has 0 atom stereocenters. The first-order valence-corrected chi connectivity index (χ1v) is 6.50. The molecule has 1 N–H and O–H groups in total. The van der Waals surface area contributed by atoms with Gasteiger partial charge in [-0.2, -0.15) is 13.2 Å². The van der Waals surface area contributed by atoms with Crippen LogP contribution in [-0.4, -0.2) is 37.3 Å². The summed E-state index contributed by atoms with van der Waals surface area (Å²) in [5.74, 6) is 0. The summed E-state index contributed by atoms with van der Waals surface area (Å²) in [5, 5.41) is 3.15. The molecule has 0 fully saturated rings. The maximum Gasteiger partial charge on any atom is 0.401 e. The molecule has 0 saturated heterocycles. The van der Waals surface area contributed by atoms with Crippen LogP contribution < -0.4 is 5.32 Å². The minimum atomic E-state index is -4.13. The largest absolute Gasteiger partial charge is 0.401 e. The van der Waals surface area contributed by atoms with Gasteiger partial charge in [-0.1, -0.05) is 19.1 Å². The molecular formula is C14H21F3N2. The Morgan fingerprint density at radius 3 is 2.53 bits per heavy atom. The van der Waals surface area contributed by atoms with Gasteiger partial charge in [0.2, 0.25) is 0 Å². The zero-order valence-electron chi connectivity index (χ0n) is 11.4. The molecule has 0 aliphatic rings. The molecule has 0 spiro atoms. The summed E-state index contributed by atoms with van der Waals surface area (Å²) < 4.78 is 37.1. The fourth-order valence-electron chi connectivity index (χ4n) is 1.95. The second kappa shape index (κ2) is 7.38. The van der Waals surface area contributed by atoms with Gasteiger partial charge in [0.1, 0.15) is 0 Å². The van der Waals surface area contributed by atoms with E-state index >= 15 is 0 Å². The Bertz CT molecular complexity index is 377. The second-order valence-electron chi connectivity index (χ2n) is 4.69. The van der Waals surface area contributed by atoms with Gasteiger partial charge in [-0.15, -0.1) is 0 Å². The standard InChI is InChI=1S/C14H21F3N2/c1-3-8-19(11-14(15,16)17)9-7-18-13-6-4-5-12(2)10-13/h4-6,10,18H,3,7-9,11H2,1-2H3. The highest BCUT2D eigenvalue weighted by atomic mass is 19.4. The molecule has 1 aromatic carbocycles. The van der Waals surface area contributed by atoms with Gasteiger partial charge in [-0.3, -0.25) is 4.90 Å². The Morgan fingerprint density at radius 2 is 1.95 bits per heavy atom. The molecule has 0 aliphatic carbocycles. The van der Waals surface area contributed by atoms with E-state index in [1.165, 1.54) is 4.90 Å². The number of nitrogens with one attached hydrogen (secondary N) is 1. The minimum Gasteiger partial charge on any atom is -0.384 e. The van der Waals surface area contributed by atoms with Gasteiger partial charge in [-0.05, 0) is 37.6 Å². The van der Waals surface area contributed by atoms with Crippen LogP contribution in [0, 0.1) is 6.92 Å². The van der Waals surface area contributed by atoms with Crippen LogP contribution in [0.5, 0.6) is 0 Å². The van der Waals surface area contributed by atoms with E-state index in [1.54, 1.807) is 0 Å². The molecule has 0 aliphatic heterocycles. The lowest BCUT2D eigenvalue weighted by Crippen LogP contribution is -2.37. The average molecular weight is 274 g/mol. The molecule has 0 amide bonds. The molecule has 108 valence electrons. The summed E-state index contributed by atoms with van der Waals surface area (Å²) in [6.07, 6.45) is -3.40. The van der Waals surface area contributed by atoms with Crippen molar-refractivity contribution in [2.45, 2.75) is 26.4 Å². The first kappa shape index (κ1) is 15.8. The van der Waals surface area contributed by atoms with Gasteiger partial charge < -0.3 is 5.32 Å². The Hall–Kier alpha value is -1.23. The van der Waals surface area contributed by atoms with Gasteiger partial charge in [-0.25, -0.2) is 0 Å². The fourth-order valence-corrected chi connectivity index (χ4v) is 1.95. The second-order valence-corrected chi connectivity index (χ2v) is 4.69. The Labute approximate surface area is 112 Å². The minimum absolute atomic E-state index is 0.390. The third-order valence-electron chi connectivity index (χ3n) is 2.72. The van der Waals surface area contributed by atoms with Crippen LogP contribution in [0.15, 0.2) is 24.3 Å². The SMILES string of the molecule is CCCN(CCNc1cccc(C)c1)CC(F)(F)F. The van der Waals surface area contributed by atoms with Crippen molar-refractivity contribution in [1.82, 2.24) is 4.90 Å². The predicted molar refractivity (Wildman–Crippen MR) is 72.5 cm³/mol. The molecule has 0 aromatic heterocycles. The number of hydrogen-bond donors (Lipinski definition) is 1. The third-order valence-corrected chi connectivity index (χ3v) is 2.72. The van der Waals surface area contributed by atoms with Crippen molar-refractivity contribution < 1.29 is 13.2 Å². The van der Waals surface area contributed by atoms with Crippen molar-refractivity contribution in [3.05, 3.63) is 29.8 Å². The van der Waals surface area contributed by atoms with E-state index in [0.717, 1.165) is 17.7 Å². The number of anilines is 1. The Morgan fingerprint density at radius 1 is 1.21 bits per heavy atom. The van der Waals surface area contributed by atoms with Gasteiger partial charge in [0, 0.05) is 18.8 Å². The maximum atomic E-state index is 12.4. The molecule has 0 unspecified atom stereocenters. The van der Waals surface area contributed by atoms with E-state index in [-0.39, 0.29) is 0 Å². The lowest BCUT2D eigenvalue weighted by Gasteiger charge is -2.23. The third kappa shape index (κ3) is 7.06. The van der Waals surface area contributed by atoms with Gasteiger partial charge in [0.15, 0.2) is 0 Å². The van der Waals surface area contributed by atoms with Crippen molar-refractivity contribution in [1.29, 1.82) is 0 Å². The molecule has 0 bridgehead atoms. The van der Waals surface area contributed by atoms with Crippen molar-refractivity contribution in [3.8, 4) is 0 Å². The molecule has 0 saturated carbocycles. The van der Waals surface area contributed by atoms with E-state index in [1.807, 2.05) is 38.1 Å². The monoisotopic (exact) mass is 274 g/mol. The van der Waals surface area contributed by atoms with E-state index in [9.17, 15) is 13.2 Å². The molecule has 19 heavy (non-hydrogen) atoms. The molecule has 0 heterocycles. The van der Waals surface area contributed by atoms with E-state index in [2.05, 4.69) is 5.32 Å². The summed E-state index contributed by atoms with van der Waals surface area (Å²) in [6, 6.07) is 7.81. The van der Waals surface area contributed by atoms with Crippen molar-refractivity contribution in [2.24, 2.45) is 0 Å². The zero-order valence-corrected chi connectivity index (χ0v) is 11.4. The van der Waals surface area contributed by atoms with Crippen LogP contribution in [0.25, 0.3) is 0 Å². The average Bonchev–Trinajstić information content (AvgIpc) is 2.27. The van der Waals surface area contributed by atoms with E-state index in [4.69, 9.17) is 0 Å². The fraction of sp³-hybridized carbons (Fsp3) is 0.571. The van der Waals surface area contributed by atoms with Crippen molar-refractivity contribution >= 4 is 5.69 Å². The molecular weight excluding hydrogens is 253 g/mol. The predicted octanol–water partition coefficient (Wildman–Crippen LogP) is 3.68. The quantitative estimate of drug-likeness (QED) is 0.816. The highest BCUT2D eigenvalue weighted by Crippen LogP contribution is 2.16. The lowest BCUT2D eigenvalue weighted by molar-refractivity contribution is -0.145. The van der Waals surface area contributed by atoms with Crippen molar-refractivity contribution in [3.63, 3.8) is 0 Å². The molecule has 1 aromatic rings. The highest BCUT2D eigenvalue weighted by Gasteiger charge is 2.29. The summed E-state index contributed by atoms with van der Waals surface area (Å²) >= 11 is 0. The van der Waals surface area contributed by atoms with Gasteiger partial charge >= 0.3 is 6.18 Å². The molecule has 1 rings (SSSR count). The number of alkyl halides is 3. The van der Waals surface area contributed by atoms with Gasteiger partial charge in [0.05, 0.1) is 6.54 Å². The first-order valence-electron chi connectivity index (χ1n) is 6.50. The summed E-state index contributed by atoms with van der Waals surface area (Å²) in [6.45, 7) is 4.40. The maximum absolute atomic E-state index is 12.4. The highest BCUT2D eigenvalue weighted by molar-refractivity contribution is 5.45. The summed E-state index contributed by atoms with van der Waals surface area (Å²) in [7, 11) is 0. The van der Waals surface area contributed by atoms with Crippen LogP contribution >= 0.6 is 0 Å². The number of benzene rings is 1. The van der Waals surface area contributed by atoms with Gasteiger partial charge in [0.25, 0.3) is 0 Å². The van der Waals surface area contributed by atoms with Crippen LogP contribution in [0.4, 0.5) is 18.9 Å². The molecule has 5 heteroatoms. The lowest BCUT2D eigenvalue weighted by atomic mass is 10.2. The topological polar surface area (TPSA) is 15.3 Å². The zero-order chi connectivity index (χ0) is 14.3.